The lowest BCUT2D eigenvalue weighted by Gasteiger charge is -2.07. The third kappa shape index (κ3) is 3.35. The largest absolute Gasteiger partial charge is 0.504 e. The summed E-state index contributed by atoms with van der Waals surface area (Å²) in [6, 6.07) is 13.6. The predicted molar refractivity (Wildman–Crippen MR) is 86.7 cm³/mol. The lowest BCUT2D eigenvalue weighted by atomic mass is 10.0. The van der Waals surface area contributed by atoms with Crippen molar-refractivity contribution in [1.29, 1.82) is 5.26 Å². The molecule has 0 spiro atoms. The van der Waals surface area contributed by atoms with Crippen LogP contribution in [0.4, 0.5) is 0 Å². The van der Waals surface area contributed by atoms with Crippen molar-refractivity contribution in [2.24, 2.45) is 0 Å². The van der Waals surface area contributed by atoms with Crippen molar-refractivity contribution in [1.82, 2.24) is 0 Å². The highest BCUT2D eigenvalue weighted by Crippen LogP contribution is 2.35. The van der Waals surface area contributed by atoms with Gasteiger partial charge in [-0.25, -0.2) is 0 Å². The van der Waals surface area contributed by atoms with Crippen molar-refractivity contribution in [3.8, 4) is 17.6 Å². The first-order valence-electron chi connectivity index (χ1n) is 6.35. The Balaban J connectivity index is 2.49. The minimum atomic E-state index is -0.401. The molecule has 2 aromatic rings. The summed E-state index contributed by atoms with van der Waals surface area (Å²) >= 11 is 3.29. The van der Waals surface area contributed by atoms with Gasteiger partial charge < -0.3 is 9.84 Å². The van der Waals surface area contributed by atoms with Gasteiger partial charge in [0, 0.05) is 15.6 Å². The van der Waals surface area contributed by atoms with Crippen LogP contribution < -0.4 is 4.74 Å². The van der Waals surface area contributed by atoms with Crippen LogP contribution in [0.2, 0.25) is 0 Å². The topological polar surface area (TPSA) is 70.3 Å². The number of Topliss-reactive ketones (excluding diaryl/α,β-unsaturated/α-hetero) is 1. The Bertz CT molecular complexity index is 776. The van der Waals surface area contributed by atoms with Crippen molar-refractivity contribution >= 4 is 27.8 Å². The van der Waals surface area contributed by atoms with Crippen molar-refractivity contribution < 1.29 is 14.6 Å². The third-order valence-electron chi connectivity index (χ3n) is 2.99. The van der Waals surface area contributed by atoms with Crippen LogP contribution >= 0.6 is 15.9 Å². The average Bonchev–Trinajstić information content (AvgIpc) is 2.55. The monoisotopic (exact) mass is 357 g/mol. The standard InChI is InChI=1S/C17H12BrNO3/c1-22-15-9-14(18)8-12(17(15)21)7-13(10-19)16(20)11-5-3-2-4-6-11/h2-9,21H,1H3/b13-7+. The number of carbonyl (C=O) groups is 1. The van der Waals surface area contributed by atoms with Gasteiger partial charge in [-0.1, -0.05) is 46.3 Å². The lowest BCUT2D eigenvalue weighted by Crippen LogP contribution is -2.01. The van der Waals surface area contributed by atoms with Crippen molar-refractivity contribution in [3.63, 3.8) is 0 Å². The Kier molecular flexibility index (Phi) is 4.97. The molecule has 0 bridgehead atoms. The molecule has 0 saturated carbocycles. The second-order valence-electron chi connectivity index (χ2n) is 4.41. The molecule has 0 unspecified atom stereocenters. The van der Waals surface area contributed by atoms with E-state index in [1.807, 2.05) is 6.07 Å². The number of carbonyl (C=O) groups excluding carboxylic acids is 1. The molecular formula is C17H12BrNO3. The lowest BCUT2D eigenvalue weighted by molar-refractivity contribution is 0.104. The van der Waals surface area contributed by atoms with E-state index in [4.69, 9.17) is 4.74 Å². The molecule has 0 aliphatic carbocycles. The number of phenolic OH excluding ortho intramolecular Hbond substituents is 1. The van der Waals surface area contributed by atoms with Gasteiger partial charge in [0.2, 0.25) is 5.78 Å². The molecule has 5 heteroatoms. The Hall–Kier alpha value is -2.58. The summed E-state index contributed by atoms with van der Waals surface area (Å²) < 4.78 is 5.71. The molecule has 22 heavy (non-hydrogen) atoms. The number of benzene rings is 2. The van der Waals surface area contributed by atoms with E-state index >= 15 is 0 Å². The van der Waals surface area contributed by atoms with Gasteiger partial charge in [-0.15, -0.1) is 0 Å². The van der Waals surface area contributed by atoms with Crippen molar-refractivity contribution in [3.05, 3.63) is 63.6 Å². The zero-order chi connectivity index (χ0) is 16.1. The molecule has 0 amide bonds. The number of nitrogens with zero attached hydrogens (tertiary/aromatic N) is 1. The molecule has 0 aliphatic rings. The second kappa shape index (κ2) is 6.92. The van der Waals surface area contributed by atoms with E-state index in [0.29, 0.717) is 15.6 Å². The molecule has 0 radical (unpaired) electrons. The molecule has 2 aromatic carbocycles. The number of rotatable bonds is 4. The van der Waals surface area contributed by atoms with Crippen LogP contribution in [0.5, 0.6) is 11.5 Å². The number of allylic oxidation sites excluding steroid dienone is 1. The molecule has 0 heterocycles. The highest BCUT2D eigenvalue weighted by molar-refractivity contribution is 9.10. The van der Waals surface area contributed by atoms with Crippen LogP contribution in [0.25, 0.3) is 6.08 Å². The molecule has 2 rings (SSSR count). The number of nitriles is 1. The van der Waals surface area contributed by atoms with Crippen LogP contribution in [0, 0.1) is 11.3 Å². The first kappa shape index (κ1) is 15.8. The maximum Gasteiger partial charge on any atom is 0.203 e. The number of phenols is 1. The van der Waals surface area contributed by atoms with E-state index in [1.54, 1.807) is 42.5 Å². The molecule has 0 aliphatic heterocycles. The van der Waals surface area contributed by atoms with Gasteiger partial charge in [0.15, 0.2) is 11.5 Å². The smallest absolute Gasteiger partial charge is 0.203 e. The van der Waals surface area contributed by atoms with E-state index in [9.17, 15) is 15.2 Å². The van der Waals surface area contributed by atoms with Gasteiger partial charge in [0.1, 0.15) is 11.6 Å². The normalized spacial score (nSPS) is 10.9. The average molecular weight is 358 g/mol. The zero-order valence-electron chi connectivity index (χ0n) is 11.7. The van der Waals surface area contributed by atoms with Gasteiger partial charge in [-0.05, 0) is 18.2 Å². The fourth-order valence-corrected chi connectivity index (χ4v) is 2.36. The van der Waals surface area contributed by atoms with Crippen LogP contribution in [-0.4, -0.2) is 18.0 Å². The number of hydrogen-bond donors (Lipinski definition) is 1. The van der Waals surface area contributed by atoms with Crippen molar-refractivity contribution in [2.75, 3.05) is 7.11 Å². The predicted octanol–water partition coefficient (Wildman–Crippen LogP) is 3.95. The first-order chi connectivity index (χ1) is 10.6. The van der Waals surface area contributed by atoms with E-state index in [0.717, 1.165) is 0 Å². The molecule has 4 nitrogen and oxygen atoms in total. The molecule has 0 saturated heterocycles. The molecular weight excluding hydrogens is 346 g/mol. The number of hydrogen-bond acceptors (Lipinski definition) is 4. The van der Waals surface area contributed by atoms with Gasteiger partial charge >= 0.3 is 0 Å². The Morgan fingerprint density at radius 1 is 1.32 bits per heavy atom. The summed E-state index contributed by atoms with van der Waals surface area (Å²) in [6.07, 6.45) is 1.35. The highest BCUT2D eigenvalue weighted by atomic mass is 79.9. The van der Waals surface area contributed by atoms with E-state index < -0.39 is 5.78 Å². The minimum Gasteiger partial charge on any atom is -0.504 e. The Morgan fingerprint density at radius 3 is 2.59 bits per heavy atom. The fourth-order valence-electron chi connectivity index (χ4n) is 1.91. The number of ether oxygens (including phenoxy) is 1. The van der Waals surface area contributed by atoms with Gasteiger partial charge in [-0.2, -0.15) is 5.26 Å². The molecule has 0 aromatic heterocycles. The van der Waals surface area contributed by atoms with E-state index in [2.05, 4.69) is 15.9 Å². The summed E-state index contributed by atoms with van der Waals surface area (Å²) in [7, 11) is 1.43. The van der Waals surface area contributed by atoms with E-state index in [1.165, 1.54) is 13.2 Å². The number of halogens is 1. The molecule has 1 N–H and O–H groups in total. The number of ketones is 1. The van der Waals surface area contributed by atoms with Gasteiger partial charge in [-0.3, -0.25) is 4.79 Å². The van der Waals surface area contributed by atoms with Crippen LogP contribution in [0.1, 0.15) is 15.9 Å². The fraction of sp³-hybridized carbons (Fsp3) is 0.0588. The zero-order valence-corrected chi connectivity index (χ0v) is 13.3. The SMILES string of the molecule is COc1cc(Br)cc(/C=C(\C#N)C(=O)c2ccccc2)c1O. The van der Waals surface area contributed by atoms with Crippen molar-refractivity contribution in [2.45, 2.75) is 0 Å². The van der Waals surface area contributed by atoms with Crippen LogP contribution in [0.3, 0.4) is 0 Å². The maximum atomic E-state index is 12.3. The van der Waals surface area contributed by atoms with Gasteiger partial charge in [0.25, 0.3) is 0 Å². The highest BCUT2D eigenvalue weighted by Gasteiger charge is 2.14. The second-order valence-corrected chi connectivity index (χ2v) is 5.33. The van der Waals surface area contributed by atoms with E-state index in [-0.39, 0.29) is 17.1 Å². The first-order valence-corrected chi connectivity index (χ1v) is 7.14. The maximum absolute atomic E-state index is 12.3. The summed E-state index contributed by atoms with van der Waals surface area (Å²) in [6.45, 7) is 0. The molecule has 110 valence electrons. The molecule has 0 fully saturated rings. The van der Waals surface area contributed by atoms with Gasteiger partial charge in [0.05, 0.1) is 7.11 Å². The Labute approximate surface area is 136 Å². The number of methoxy groups -OCH3 is 1. The summed E-state index contributed by atoms with van der Waals surface area (Å²) in [5, 5.41) is 19.3. The summed E-state index contributed by atoms with van der Waals surface area (Å²) in [5.41, 5.74) is 0.672. The van der Waals surface area contributed by atoms with Crippen LogP contribution in [-0.2, 0) is 0 Å². The Morgan fingerprint density at radius 2 is 2.00 bits per heavy atom. The number of aromatic hydroxyl groups is 1. The molecule has 0 atom stereocenters. The van der Waals surface area contributed by atoms with Crippen LogP contribution in [0.15, 0.2) is 52.5 Å². The minimum absolute atomic E-state index is 0.0679. The third-order valence-corrected chi connectivity index (χ3v) is 3.45. The summed E-state index contributed by atoms with van der Waals surface area (Å²) in [4.78, 5) is 12.3. The quantitative estimate of drug-likeness (QED) is 0.510. The summed E-state index contributed by atoms with van der Waals surface area (Å²) in [5.74, 6) is -0.272.